The molecule has 0 heterocycles. The Bertz CT molecular complexity index is 307. The second-order valence-corrected chi connectivity index (χ2v) is 6.28. The summed E-state index contributed by atoms with van der Waals surface area (Å²) >= 11 is 0. The van der Waals surface area contributed by atoms with Crippen molar-refractivity contribution in [3.05, 3.63) is 0 Å². The summed E-state index contributed by atoms with van der Waals surface area (Å²) in [4.78, 5) is 13.1. The molecule has 0 rings (SSSR count). The van der Waals surface area contributed by atoms with Crippen LogP contribution in [0, 0.1) is 5.41 Å². The van der Waals surface area contributed by atoms with Gasteiger partial charge in [0.05, 0.1) is 0 Å². The van der Waals surface area contributed by atoms with Gasteiger partial charge < -0.3 is 10.6 Å². The van der Waals surface area contributed by atoms with E-state index in [4.69, 9.17) is 5.73 Å². The summed E-state index contributed by atoms with van der Waals surface area (Å²) in [7, 11) is 0. The molecular weight excluding hydrogens is 269 g/mol. The molecule has 0 bridgehead atoms. The first-order valence-corrected chi connectivity index (χ1v) is 7.04. The molecule has 0 aliphatic rings. The summed E-state index contributed by atoms with van der Waals surface area (Å²) in [5.41, 5.74) is 5.60. The van der Waals surface area contributed by atoms with Gasteiger partial charge in [-0.25, -0.2) is 0 Å². The summed E-state index contributed by atoms with van der Waals surface area (Å²) in [6, 6.07) is -0.851. The normalized spacial score (nSPS) is 14.5. The van der Waals surface area contributed by atoms with Gasteiger partial charge in [0.2, 0.25) is 5.91 Å². The van der Waals surface area contributed by atoms with E-state index in [-0.39, 0.29) is 11.8 Å². The van der Waals surface area contributed by atoms with Gasteiger partial charge in [-0.05, 0) is 18.3 Å². The largest absolute Gasteiger partial charge is 0.406 e. The van der Waals surface area contributed by atoms with Gasteiger partial charge in [0.15, 0.2) is 0 Å². The number of alkyl halides is 3. The molecule has 6 heteroatoms. The van der Waals surface area contributed by atoms with E-state index in [2.05, 4.69) is 0 Å². The number of halogens is 3. The summed E-state index contributed by atoms with van der Waals surface area (Å²) in [5.74, 6) is -0.515. The average Bonchev–Trinajstić information content (AvgIpc) is 2.26. The highest BCUT2D eigenvalue weighted by Crippen LogP contribution is 2.24. The van der Waals surface area contributed by atoms with Gasteiger partial charge in [-0.1, -0.05) is 34.6 Å². The van der Waals surface area contributed by atoms with Crippen LogP contribution in [-0.4, -0.2) is 35.6 Å². The lowest BCUT2D eigenvalue weighted by molar-refractivity contribution is -0.166. The topological polar surface area (TPSA) is 46.3 Å². The highest BCUT2D eigenvalue weighted by atomic mass is 19.4. The first kappa shape index (κ1) is 19.2. The summed E-state index contributed by atoms with van der Waals surface area (Å²) in [6.45, 7) is 7.99. The maximum atomic E-state index is 12.6. The minimum Gasteiger partial charge on any atom is -0.331 e. The number of hydrogen-bond donors (Lipinski definition) is 1. The van der Waals surface area contributed by atoms with E-state index in [9.17, 15) is 18.0 Å². The lowest BCUT2D eigenvalue weighted by Gasteiger charge is -2.34. The number of hydrogen-bond acceptors (Lipinski definition) is 2. The van der Waals surface area contributed by atoms with Crippen molar-refractivity contribution in [2.45, 2.75) is 72.1 Å². The number of nitrogens with zero attached hydrogens (tertiary/aromatic N) is 1. The van der Waals surface area contributed by atoms with Crippen LogP contribution >= 0.6 is 0 Å². The summed E-state index contributed by atoms with van der Waals surface area (Å²) < 4.78 is 37.9. The summed E-state index contributed by atoms with van der Waals surface area (Å²) in [5, 5.41) is 0. The molecule has 0 aromatic heterocycles. The molecule has 1 amide bonds. The van der Waals surface area contributed by atoms with E-state index in [0.717, 1.165) is 4.90 Å². The molecule has 0 spiro atoms. The van der Waals surface area contributed by atoms with Crippen molar-refractivity contribution in [2.24, 2.45) is 11.1 Å². The van der Waals surface area contributed by atoms with Crippen LogP contribution in [-0.2, 0) is 4.79 Å². The van der Waals surface area contributed by atoms with E-state index >= 15 is 0 Å². The zero-order valence-corrected chi connectivity index (χ0v) is 13.0. The highest BCUT2D eigenvalue weighted by molar-refractivity contribution is 5.77. The minimum atomic E-state index is -4.38. The van der Waals surface area contributed by atoms with Gasteiger partial charge in [-0.2, -0.15) is 13.2 Å². The third-order valence-corrected chi connectivity index (χ3v) is 3.56. The fourth-order valence-corrected chi connectivity index (χ4v) is 1.96. The fourth-order valence-electron chi connectivity index (χ4n) is 1.96. The molecule has 0 aromatic rings. The van der Waals surface area contributed by atoms with Crippen molar-refractivity contribution in [2.75, 3.05) is 6.54 Å². The molecule has 3 nitrogen and oxygen atoms in total. The Morgan fingerprint density at radius 2 is 1.60 bits per heavy atom. The lowest BCUT2D eigenvalue weighted by Crippen LogP contribution is -2.48. The first-order chi connectivity index (χ1) is 8.92. The number of rotatable bonds is 6. The number of carbonyl (C=O) groups excluding carboxylic acids is 1. The second kappa shape index (κ2) is 7.29. The SMILES string of the molecule is CCC(CC)N(CC(F)(F)F)C(=O)CC(N)C(C)(C)C. The van der Waals surface area contributed by atoms with E-state index in [1.165, 1.54) is 0 Å². The zero-order valence-electron chi connectivity index (χ0n) is 13.0. The number of amides is 1. The van der Waals surface area contributed by atoms with Crippen LogP contribution in [0.5, 0.6) is 0 Å². The Balaban J connectivity index is 4.98. The Kier molecular flexibility index (Phi) is 7.01. The van der Waals surface area contributed by atoms with Crippen molar-refractivity contribution < 1.29 is 18.0 Å². The molecule has 1 atom stereocenters. The minimum absolute atomic E-state index is 0.0594. The molecule has 0 aliphatic carbocycles. The average molecular weight is 296 g/mol. The number of carbonyl (C=O) groups is 1. The third-order valence-electron chi connectivity index (χ3n) is 3.56. The van der Waals surface area contributed by atoms with Crippen LogP contribution in [0.1, 0.15) is 53.9 Å². The Labute approximate surface area is 119 Å². The van der Waals surface area contributed by atoms with E-state index < -0.39 is 30.7 Å². The van der Waals surface area contributed by atoms with Gasteiger partial charge in [-0.15, -0.1) is 0 Å². The molecule has 0 radical (unpaired) electrons. The molecule has 1 unspecified atom stereocenters. The van der Waals surface area contributed by atoms with Crippen LogP contribution in [0.2, 0.25) is 0 Å². The molecule has 20 heavy (non-hydrogen) atoms. The maximum absolute atomic E-state index is 12.6. The molecule has 0 saturated carbocycles. The Morgan fingerprint density at radius 1 is 1.15 bits per heavy atom. The highest BCUT2D eigenvalue weighted by Gasteiger charge is 2.36. The van der Waals surface area contributed by atoms with Gasteiger partial charge in [0.1, 0.15) is 6.54 Å². The number of nitrogens with two attached hydrogens (primary N) is 1. The Hall–Kier alpha value is -0.780. The molecule has 0 fully saturated rings. The van der Waals surface area contributed by atoms with Gasteiger partial charge >= 0.3 is 6.18 Å². The molecule has 0 aromatic carbocycles. The van der Waals surface area contributed by atoms with Gasteiger partial charge in [0, 0.05) is 18.5 Å². The van der Waals surface area contributed by atoms with Crippen molar-refractivity contribution in [3.63, 3.8) is 0 Å². The van der Waals surface area contributed by atoms with Crippen LogP contribution < -0.4 is 5.73 Å². The summed E-state index contributed by atoms with van der Waals surface area (Å²) in [6.07, 6.45) is -3.44. The predicted octanol–water partition coefficient (Wildman–Crippen LogP) is 3.33. The molecule has 2 N–H and O–H groups in total. The third kappa shape index (κ3) is 6.59. The Morgan fingerprint density at radius 3 is 1.90 bits per heavy atom. The second-order valence-electron chi connectivity index (χ2n) is 6.28. The fraction of sp³-hybridized carbons (Fsp3) is 0.929. The van der Waals surface area contributed by atoms with Crippen molar-refractivity contribution in [1.29, 1.82) is 0 Å². The van der Waals surface area contributed by atoms with E-state index in [1.807, 2.05) is 20.8 Å². The van der Waals surface area contributed by atoms with Gasteiger partial charge in [-0.3, -0.25) is 4.79 Å². The van der Waals surface area contributed by atoms with Crippen LogP contribution in [0.4, 0.5) is 13.2 Å². The molecule has 120 valence electrons. The van der Waals surface area contributed by atoms with Crippen molar-refractivity contribution in [1.82, 2.24) is 4.90 Å². The van der Waals surface area contributed by atoms with Crippen LogP contribution in [0.3, 0.4) is 0 Å². The van der Waals surface area contributed by atoms with Crippen LogP contribution in [0.15, 0.2) is 0 Å². The van der Waals surface area contributed by atoms with Crippen LogP contribution in [0.25, 0.3) is 0 Å². The zero-order chi connectivity index (χ0) is 16.1. The lowest BCUT2D eigenvalue weighted by atomic mass is 9.85. The van der Waals surface area contributed by atoms with E-state index in [0.29, 0.717) is 12.8 Å². The smallest absolute Gasteiger partial charge is 0.331 e. The quantitative estimate of drug-likeness (QED) is 0.817. The standard InChI is InChI=1S/C14H27F3N2O/c1-6-10(7-2)19(9-14(15,16)17)12(20)8-11(18)13(3,4)5/h10-11H,6-9,18H2,1-5H3. The molecule has 0 saturated heterocycles. The maximum Gasteiger partial charge on any atom is 0.406 e. The predicted molar refractivity (Wildman–Crippen MR) is 74.2 cm³/mol. The molecule has 0 aliphatic heterocycles. The van der Waals surface area contributed by atoms with E-state index in [1.54, 1.807) is 13.8 Å². The van der Waals surface area contributed by atoms with Crippen molar-refractivity contribution in [3.8, 4) is 0 Å². The molecular formula is C14H27F3N2O. The van der Waals surface area contributed by atoms with Gasteiger partial charge in [0.25, 0.3) is 0 Å². The van der Waals surface area contributed by atoms with Crippen molar-refractivity contribution >= 4 is 5.91 Å². The first-order valence-electron chi connectivity index (χ1n) is 7.04. The monoisotopic (exact) mass is 296 g/mol.